The third-order valence-corrected chi connectivity index (χ3v) is 5.65. The van der Waals surface area contributed by atoms with E-state index in [1.54, 1.807) is 0 Å². The van der Waals surface area contributed by atoms with Crippen molar-refractivity contribution in [3.63, 3.8) is 0 Å². The Labute approximate surface area is 170 Å². The summed E-state index contributed by atoms with van der Waals surface area (Å²) in [4.78, 5) is 16.4. The van der Waals surface area contributed by atoms with Crippen LogP contribution < -0.4 is 24.4 Å². The Bertz CT molecular complexity index is 909. The Hall–Kier alpha value is -2.93. The Morgan fingerprint density at radius 1 is 0.931 bits per heavy atom. The van der Waals surface area contributed by atoms with Crippen molar-refractivity contribution in [2.24, 2.45) is 0 Å². The van der Waals surface area contributed by atoms with Crippen molar-refractivity contribution >= 4 is 17.3 Å². The molecule has 0 aliphatic carbocycles. The lowest BCUT2D eigenvalue weighted by Gasteiger charge is -2.37. The second-order valence-corrected chi connectivity index (χ2v) is 7.55. The number of nitrogens with one attached hydrogen (secondary N) is 1. The summed E-state index contributed by atoms with van der Waals surface area (Å²) in [6.07, 6.45) is 0.945. The molecule has 7 nitrogen and oxygen atoms in total. The van der Waals surface area contributed by atoms with Gasteiger partial charge in [-0.1, -0.05) is 12.1 Å². The van der Waals surface area contributed by atoms with Gasteiger partial charge in [0, 0.05) is 32.7 Å². The normalized spacial score (nSPS) is 18.6. The first kappa shape index (κ1) is 18.1. The van der Waals surface area contributed by atoms with E-state index in [4.69, 9.17) is 14.2 Å². The summed E-state index contributed by atoms with van der Waals surface area (Å²) in [5, 5.41) is 2.88. The van der Waals surface area contributed by atoms with Gasteiger partial charge in [-0.25, -0.2) is 0 Å². The van der Waals surface area contributed by atoms with Crippen molar-refractivity contribution in [1.82, 2.24) is 4.90 Å². The minimum atomic E-state index is -0.0942. The molecule has 0 saturated carbocycles. The second-order valence-electron chi connectivity index (χ2n) is 7.55. The molecule has 0 unspecified atom stereocenters. The lowest BCUT2D eigenvalue weighted by molar-refractivity contribution is -0.118. The molecule has 0 radical (unpaired) electrons. The number of ether oxygens (including phenoxy) is 3. The number of carbonyl (C=O) groups excluding carboxylic acids is 1. The summed E-state index contributed by atoms with van der Waals surface area (Å²) in [7, 11) is 0. The smallest absolute Gasteiger partial charge is 0.262 e. The predicted molar refractivity (Wildman–Crippen MR) is 110 cm³/mol. The highest BCUT2D eigenvalue weighted by molar-refractivity contribution is 5.95. The van der Waals surface area contributed by atoms with Crippen LogP contribution in [0, 0.1) is 0 Å². The maximum atomic E-state index is 11.5. The van der Waals surface area contributed by atoms with E-state index in [1.165, 1.54) is 5.56 Å². The number of anilines is 2. The lowest BCUT2D eigenvalue weighted by atomic mass is 10.1. The second kappa shape index (κ2) is 7.83. The third-order valence-electron chi connectivity index (χ3n) is 5.65. The summed E-state index contributed by atoms with van der Waals surface area (Å²) in [6.45, 7) is 6.26. The number of nitrogens with zero attached hydrogens (tertiary/aromatic N) is 2. The molecule has 7 heteroatoms. The SMILES string of the molecule is O=C1COc2ccc(CCN3CCN(c4cccc5c4OCCO5)CC3)cc2N1. The first-order chi connectivity index (χ1) is 14.3. The molecular formula is C22H25N3O4. The summed E-state index contributed by atoms with van der Waals surface area (Å²) >= 11 is 0. The number of fused-ring (bicyclic) bond motifs is 2. The Morgan fingerprint density at radius 2 is 1.79 bits per heavy atom. The minimum Gasteiger partial charge on any atom is -0.486 e. The van der Waals surface area contributed by atoms with Gasteiger partial charge in [-0.2, -0.15) is 0 Å². The number of amides is 1. The van der Waals surface area contributed by atoms with Crippen molar-refractivity contribution in [2.75, 3.05) is 62.8 Å². The van der Waals surface area contributed by atoms with Crippen LogP contribution in [0.1, 0.15) is 5.56 Å². The molecule has 0 spiro atoms. The monoisotopic (exact) mass is 395 g/mol. The zero-order valence-electron chi connectivity index (χ0n) is 16.4. The Kier molecular flexibility index (Phi) is 4.89. The maximum absolute atomic E-state index is 11.5. The van der Waals surface area contributed by atoms with Crippen LogP contribution in [0.3, 0.4) is 0 Å². The molecular weight excluding hydrogens is 370 g/mol. The molecule has 152 valence electrons. The van der Waals surface area contributed by atoms with E-state index in [-0.39, 0.29) is 12.5 Å². The minimum absolute atomic E-state index is 0.0942. The lowest BCUT2D eigenvalue weighted by Crippen LogP contribution is -2.47. The van der Waals surface area contributed by atoms with E-state index in [1.807, 2.05) is 24.3 Å². The van der Waals surface area contributed by atoms with Crippen molar-refractivity contribution in [1.29, 1.82) is 0 Å². The number of piperazine rings is 1. The summed E-state index contributed by atoms with van der Waals surface area (Å²) in [5.41, 5.74) is 3.12. The van der Waals surface area contributed by atoms with Gasteiger partial charge in [0.15, 0.2) is 18.1 Å². The molecule has 0 aromatic heterocycles. The van der Waals surface area contributed by atoms with Gasteiger partial charge in [-0.3, -0.25) is 9.69 Å². The number of hydrogen-bond donors (Lipinski definition) is 1. The molecule has 2 aromatic carbocycles. The van der Waals surface area contributed by atoms with Crippen molar-refractivity contribution in [3.8, 4) is 17.2 Å². The molecule has 0 bridgehead atoms. The van der Waals surface area contributed by atoms with Gasteiger partial charge in [0.1, 0.15) is 19.0 Å². The number of carbonyl (C=O) groups is 1. The van der Waals surface area contributed by atoms with E-state index in [2.05, 4.69) is 27.2 Å². The van der Waals surface area contributed by atoms with Gasteiger partial charge in [0.25, 0.3) is 5.91 Å². The van der Waals surface area contributed by atoms with Gasteiger partial charge < -0.3 is 24.4 Å². The fraction of sp³-hybridized carbons (Fsp3) is 0.409. The highest BCUT2D eigenvalue weighted by Crippen LogP contribution is 2.39. The number of hydrogen-bond acceptors (Lipinski definition) is 6. The van der Waals surface area contributed by atoms with Crippen LogP contribution in [0.4, 0.5) is 11.4 Å². The highest BCUT2D eigenvalue weighted by Gasteiger charge is 2.23. The van der Waals surface area contributed by atoms with Gasteiger partial charge in [-0.05, 0) is 36.2 Å². The van der Waals surface area contributed by atoms with Crippen LogP contribution in [-0.4, -0.2) is 63.4 Å². The zero-order valence-corrected chi connectivity index (χ0v) is 16.4. The highest BCUT2D eigenvalue weighted by atomic mass is 16.6. The van der Waals surface area contributed by atoms with Crippen LogP contribution in [0.15, 0.2) is 36.4 Å². The fourth-order valence-corrected chi connectivity index (χ4v) is 4.09. The quantitative estimate of drug-likeness (QED) is 0.856. The van der Waals surface area contributed by atoms with Gasteiger partial charge in [0.2, 0.25) is 0 Å². The molecule has 3 aliphatic heterocycles. The van der Waals surface area contributed by atoms with E-state index in [9.17, 15) is 4.79 Å². The van der Waals surface area contributed by atoms with E-state index < -0.39 is 0 Å². The Morgan fingerprint density at radius 3 is 2.69 bits per heavy atom. The van der Waals surface area contributed by atoms with Crippen LogP contribution >= 0.6 is 0 Å². The van der Waals surface area contributed by atoms with Gasteiger partial charge in [0.05, 0.1) is 11.4 Å². The maximum Gasteiger partial charge on any atom is 0.262 e. The molecule has 5 rings (SSSR count). The van der Waals surface area contributed by atoms with Crippen molar-refractivity contribution in [3.05, 3.63) is 42.0 Å². The topological polar surface area (TPSA) is 63.3 Å². The average molecular weight is 395 g/mol. The van der Waals surface area contributed by atoms with Crippen molar-refractivity contribution < 1.29 is 19.0 Å². The van der Waals surface area contributed by atoms with Crippen LogP contribution in [0.2, 0.25) is 0 Å². The average Bonchev–Trinajstić information content (AvgIpc) is 2.77. The molecule has 0 atom stereocenters. The molecule has 1 saturated heterocycles. The molecule has 3 aliphatic rings. The fourth-order valence-electron chi connectivity index (χ4n) is 4.09. The molecule has 1 N–H and O–H groups in total. The number of para-hydroxylation sites is 1. The molecule has 2 aromatic rings. The molecule has 29 heavy (non-hydrogen) atoms. The Balaban J connectivity index is 1.17. The molecule has 1 fully saturated rings. The first-order valence-electron chi connectivity index (χ1n) is 10.2. The molecule has 3 heterocycles. The van der Waals surface area contributed by atoms with Gasteiger partial charge >= 0.3 is 0 Å². The first-order valence-corrected chi connectivity index (χ1v) is 10.2. The van der Waals surface area contributed by atoms with E-state index >= 15 is 0 Å². The third kappa shape index (κ3) is 3.82. The zero-order chi connectivity index (χ0) is 19.6. The summed E-state index contributed by atoms with van der Waals surface area (Å²) in [6, 6.07) is 12.2. The predicted octanol–water partition coefficient (Wildman–Crippen LogP) is 2.15. The standard InChI is InChI=1S/C22H25N3O4/c26-21-15-29-19-5-4-16(14-17(19)23-21)6-7-24-8-10-25(11-9-24)18-2-1-3-20-22(18)28-13-12-27-20/h1-5,14H,6-13,15H2,(H,23,26). The molecule has 1 amide bonds. The number of benzene rings is 2. The van der Waals surface area contributed by atoms with Crippen LogP contribution in [-0.2, 0) is 11.2 Å². The van der Waals surface area contributed by atoms with Gasteiger partial charge in [-0.15, -0.1) is 0 Å². The number of rotatable bonds is 4. The van der Waals surface area contributed by atoms with Crippen LogP contribution in [0.25, 0.3) is 0 Å². The van der Waals surface area contributed by atoms with Crippen molar-refractivity contribution in [2.45, 2.75) is 6.42 Å². The summed E-state index contributed by atoms with van der Waals surface area (Å²) in [5.74, 6) is 2.38. The van der Waals surface area contributed by atoms with E-state index in [0.29, 0.717) is 13.2 Å². The van der Waals surface area contributed by atoms with Crippen LogP contribution in [0.5, 0.6) is 17.2 Å². The van der Waals surface area contributed by atoms with E-state index in [0.717, 1.165) is 67.8 Å². The largest absolute Gasteiger partial charge is 0.486 e. The summed E-state index contributed by atoms with van der Waals surface area (Å²) < 4.78 is 17.0.